The molecule has 0 spiro atoms. The van der Waals surface area contributed by atoms with E-state index in [4.69, 9.17) is 10.5 Å². The van der Waals surface area contributed by atoms with Gasteiger partial charge in [-0.3, -0.25) is 4.90 Å². The maximum absolute atomic E-state index is 6.17. The van der Waals surface area contributed by atoms with E-state index in [0.29, 0.717) is 12.6 Å². The molecule has 118 valence electrons. The molecule has 3 nitrogen and oxygen atoms in total. The highest BCUT2D eigenvalue weighted by molar-refractivity contribution is 9.10. The molecule has 0 aliphatic carbocycles. The van der Waals surface area contributed by atoms with Gasteiger partial charge in [0.05, 0.1) is 6.10 Å². The van der Waals surface area contributed by atoms with Crippen LogP contribution in [-0.4, -0.2) is 36.7 Å². The van der Waals surface area contributed by atoms with E-state index < -0.39 is 0 Å². The molecule has 2 unspecified atom stereocenters. The summed E-state index contributed by atoms with van der Waals surface area (Å²) in [6.45, 7) is 4.66. The number of benzene rings is 1. The average molecular weight is 355 g/mol. The lowest BCUT2D eigenvalue weighted by Crippen LogP contribution is -2.56. The van der Waals surface area contributed by atoms with Gasteiger partial charge in [0.25, 0.3) is 0 Å². The van der Waals surface area contributed by atoms with Crippen molar-refractivity contribution in [1.29, 1.82) is 0 Å². The number of hydrogen-bond donors (Lipinski definition) is 1. The molecule has 4 heteroatoms. The van der Waals surface area contributed by atoms with Gasteiger partial charge in [-0.05, 0) is 44.0 Å². The molecule has 1 fully saturated rings. The van der Waals surface area contributed by atoms with Crippen molar-refractivity contribution >= 4 is 15.9 Å². The zero-order chi connectivity index (χ0) is 15.3. The summed E-state index contributed by atoms with van der Waals surface area (Å²) in [4.78, 5) is 2.43. The number of nitrogens with two attached hydrogens (primary N) is 1. The Kier molecular flexibility index (Phi) is 6.23. The molecule has 1 aromatic rings. The minimum absolute atomic E-state index is 0.0698. The van der Waals surface area contributed by atoms with Crippen LogP contribution >= 0.6 is 15.9 Å². The molecule has 0 radical (unpaired) electrons. The summed E-state index contributed by atoms with van der Waals surface area (Å²) < 4.78 is 7.04. The Labute approximate surface area is 137 Å². The highest BCUT2D eigenvalue weighted by atomic mass is 79.9. The van der Waals surface area contributed by atoms with E-state index in [2.05, 4.69) is 59.1 Å². The fourth-order valence-corrected chi connectivity index (χ4v) is 3.72. The molecule has 2 rings (SSSR count). The minimum atomic E-state index is 0.0698. The van der Waals surface area contributed by atoms with Gasteiger partial charge in [0, 0.05) is 29.7 Å². The highest BCUT2D eigenvalue weighted by Gasteiger charge is 2.38. The third-order valence-corrected chi connectivity index (χ3v) is 5.13. The summed E-state index contributed by atoms with van der Waals surface area (Å²) in [5, 5.41) is 0. The Morgan fingerprint density at radius 3 is 2.95 bits per heavy atom. The summed E-state index contributed by atoms with van der Waals surface area (Å²) in [7, 11) is 2.20. The van der Waals surface area contributed by atoms with Crippen LogP contribution in [0.25, 0.3) is 0 Å². The predicted octanol–water partition coefficient (Wildman–Crippen LogP) is 3.56. The van der Waals surface area contributed by atoms with Crippen molar-refractivity contribution in [2.45, 2.75) is 50.8 Å². The minimum Gasteiger partial charge on any atom is -0.378 e. The molecule has 0 saturated carbocycles. The second-order valence-electron chi connectivity index (χ2n) is 6.15. The highest BCUT2D eigenvalue weighted by Crippen LogP contribution is 2.32. The van der Waals surface area contributed by atoms with E-state index in [0.717, 1.165) is 36.9 Å². The number of nitrogens with zero attached hydrogens (tertiary/aromatic N) is 1. The second-order valence-corrected chi connectivity index (χ2v) is 7.07. The first-order valence-electron chi connectivity index (χ1n) is 7.87. The summed E-state index contributed by atoms with van der Waals surface area (Å²) in [6.07, 6.45) is 4.72. The van der Waals surface area contributed by atoms with Gasteiger partial charge in [-0.2, -0.15) is 0 Å². The Morgan fingerprint density at radius 2 is 2.29 bits per heavy atom. The van der Waals surface area contributed by atoms with Crippen LogP contribution in [0.5, 0.6) is 0 Å². The SMILES string of the molecule is CCCC1CC(CN)(N(C)Cc2cccc(Br)c2)CCO1. The lowest BCUT2D eigenvalue weighted by molar-refractivity contribution is -0.0691. The third kappa shape index (κ3) is 4.28. The monoisotopic (exact) mass is 354 g/mol. The van der Waals surface area contributed by atoms with Crippen molar-refractivity contribution in [2.24, 2.45) is 5.73 Å². The van der Waals surface area contributed by atoms with Crippen LogP contribution in [-0.2, 0) is 11.3 Å². The van der Waals surface area contributed by atoms with Gasteiger partial charge in [0.2, 0.25) is 0 Å². The molecule has 21 heavy (non-hydrogen) atoms. The van der Waals surface area contributed by atoms with E-state index >= 15 is 0 Å². The summed E-state index contributed by atoms with van der Waals surface area (Å²) in [5.41, 5.74) is 7.56. The van der Waals surface area contributed by atoms with Crippen molar-refractivity contribution in [3.8, 4) is 0 Å². The number of likely N-dealkylation sites (N-methyl/N-ethyl adjacent to an activating group) is 1. The van der Waals surface area contributed by atoms with Crippen molar-refractivity contribution in [2.75, 3.05) is 20.2 Å². The largest absolute Gasteiger partial charge is 0.378 e. The van der Waals surface area contributed by atoms with Crippen LogP contribution in [0.2, 0.25) is 0 Å². The Balaban J connectivity index is 2.08. The molecule has 1 aromatic carbocycles. The number of rotatable bonds is 6. The van der Waals surface area contributed by atoms with Gasteiger partial charge in [-0.15, -0.1) is 0 Å². The van der Waals surface area contributed by atoms with E-state index in [1.165, 1.54) is 12.0 Å². The van der Waals surface area contributed by atoms with Gasteiger partial charge in [-0.1, -0.05) is 41.4 Å². The van der Waals surface area contributed by atoms with Crippen LogP contribution in [0.3, 0.4) is 0 Å². The molecule has 2 atom stereocenters. The van der Waals surface area contributed by atoms with Gasteiger partial charge in [-0.25, -0.2) is 0 Å². The molecular weight excluding hydrogens is 328 g/mol. The fourth-order valence-electron chi connectivity index (χ4n) is 3.27. The first-order chi connectivity index (χ1) is 10.1. The Bertz CT molecular complexity index is 452. The lowest BCUT2D eigenvalue weighted by atomic mass is 9.83. The zero-order valence-corrected chi connectivity index (χ0v) is 14.7. The summed E-state index contributed by atoms with van der Waals surface area (Å²) >= 11 is 3.55. The Morgan fingerprint density at radius 1 is 1.48 bits per heavy atom. The maximum Gasteiger partial charge on any atom is 0.0593 e. The smallest absolute Gasteiger partial charge is 0.0593 e. The summed E-state index contributed by atoms with van der Waals surface area (Å²) in [6, 6.07) is 8.51. The molecule has 1 saturated heterocycles. The molecule has 1 heterocycles. The van der Waals surface area contributed by atoms with Crippen molar-refractivity contribution in [3.05, 3.63) is 34.3 Å². The molecule has 2 N–H and O–H groups in total. The van der Waals surface area contributed by atoms with E-state index in [1.807, 2.05) is 0 Å². The first-order valence-corrected chi connectivity index (χ1v) is 8.66. The number of halogens is 1. The van der Waals surface area contributed by atoms with Crippen molar-refractivity contribution in [3.63, 3.8) is 0 Å². The van der Waals surface area contributed by atoms with Gasteiger partial charge >= 0.3 is 0 Å². The molecular formula is C17H27BrN2O. The van der Waals surface area contributed by atoms with Gasteiger partial charge < -0.3 is 10.5 Å². The molecule has 0 aromatic heterocycles. The first kappa shape index (κ1) is 16.9. The van der Waals surface area contributed by atoms with Crippen LogP contribution < -0.4 is 5.73 Å². The molecule has 1 aliphatic heterocycles. The predicted molar refractivity (Wildman–Crippen MR) is 91.3 cm³/mol. The second kappa shape index (κ2) is 7.73. The Hall–Kier alpha value is -0.420. The van der Waals surface area contributed by atoms with Gasteiger partial charge in [0.15, 0.2) is 0 Å². The van der Waals surface area contributed by atoms with Crippen LogP contribution in [0.4, 0.5) is 0 Å². The molecule has 0 bridgehead atoms. The average Bonchev–Trinajstić information content (AvgIpc) is 2.47. The third-order valence-electron chi connectivity index (χ3n) is 4.64. The van der Waals surface area contributed by atoms with Crippen LogP contribution in [0, 0.1) is 0 Å². The zero-order valence-electron chi connectivity index (χ0n) is 13.1. The maximum atomic E-state index is 6.17. The molecule has 1 aliphatic rings. The van der Waals surface area contributed by atoms with E-state index in [-0.39, 0.29) is 5.54 Å². The van der Waals surface area contributed by atoms with E-state index in [9.17, 15) is 0 Å². The van der Waals surface area contributed by atoms with Crippen molar-refractivity contribution in [1.82, 2.24) is 4.90 Å². The van der Waals surface area contributed by atoms with Crippen LogP contribution in [0.1, 0.15) is 38.2 Å². The fraction of sp³-hybridized carbons (Fsp3) is 0.647. The normalized spacial score (nSPS) is 26.2. The standard InChI is InChI=1S/C17H27BrN2O/c1-3-5-16-11-17(13-19,8-9-21-16)20(2)12-14-6-4-7-15(18)10-14/h4,6-7,10,16H,3,5,8-9,11-13,19H2,1-2H3. The van der Waals surface area contributed by atoms with Gasteiger partial charge in [0.1, 0.15) is 0 Å². The van der Waals surface area contributed by atoms with Crippen molar-refractivity contribution < 1.29 is 4.74 Å². The lowest BCUT2D eigenvalue weighted by Gasteiger charge is -2.46. The topological polar surface area (TPSA) is 38.5 Å². The quantitative estimate of drug-likeness (QED) is 0.848. The van der Waals surface area contributed by atoms with E-state index in [1.54, 1.807) is 0 Å². The molecule has 0 amide bonds. The number of hydrogen-bond acceptors (Lipinski definition) is 3. The van der Waals surface area contributed by atoms with Crippen LogP contribution in [0.15, 0.2) is 28.7 Å². The number of ether oxygens (including phenoxy) is 1. The summed E-state index contributed by atoms with van der Waals surface area (Å²) in [5.74, 6) is 0.